The summed E-state index contributed by atoms with van der Waals surface area (Å²) in [6, 6.07) is 10.5. The maximum atomic E-state index is 12.2. The third-order valence-electron chi connectivity index (χ3n) is 4.06. The molecular weight excluding hydrogens is 411 g/mol. The topological polar surface area (TPSA) is 59.6 Å². The van der Waals surface area contributed by atoms with E-state index in [1.807, 2.05) is 24.3 Å². The van der Waals surface area contributed by atoms with Crippen molar-refractivity contribution in [3.8, 4) is 5.75 Å². The van der Waals surface area contributed by atoms with Crippen LogP contribution in [0.5, 0.6) is 5.75 Å². The van der Waals surface area contributed by atoms with Gasteiger partial charge in [-0.1, -0.05) is 46.9 Å². The second kappa shape index (κ2) is 9.51. The SMILES string of the molecule is O=C(CNc1ccccc1OCC1CCCO1)Nc1cc(Cl)c(Cl)cc1Cl. The van der Waals surface area contributed by atoms with E-state index in [2.05, 4.69) is 10.6 Å². The lowest BCUT2D eigenvalue weighted by molar-refractivity contribution is -0.114. The molecule has 0 radical (unpaired) electrons. The van der Waals surface area contributed by atoms with Gasteiger partial charge in [-0.2, -0.15) is 0 Å². The lowest BCUT2D eigenvalue weighted by Gasteiger charge is -2.16. The fourth-order valence-electron chi connectivity index (χ4n) is 2.69. The summed E-state index contributed by atoms with van der Waals surface area (Å²) in [6.45, 7) is 1.31. The molecule has 3 rings (SSSR count). The largest absolute Gasteiger partial charge is 0.489 e. The summed E-state index contributed by atoms with van der Waals surface area (Å²) in [7, 11) is 0. The minimum absolute atomic E-state index is 0.0386. The molecule has 2 aromatic rings. The Morgan fingerprint density at radius 1 is 1.11 bits per heavy atom. The summed E-state index contributed by atoms with van der Waals surface area (Å²) in [4.78, 5) is 12.2. The van der Waals surface area contributed by atoms with Crippen LogP contribution in [0.25, 0.3) is 0 Å². The van der Waals surface area contributed by atoms with Gasteiger partial charge in [0.05, 0.1) is 39.1 Å². The summed E-state index contributed by atoms with van der Waals surface area (Å²) < 4.78 is 11.4. The number of hydrogen-bond acceptors (Lipinski definition) is 4. The van der Waals surface area contributed by atoms with Crippen LogP contribution >= 0.6 is 34.8 Å². The summed E-state index contributed by atoms with van der Waals surface area (Å²) in [6.07, 6.45) is 2.19. The van der Waals surface area contributed by atoms with E-state index in [9.17, 15) is 4.79 Å². The zero-order valence-electron chi connectivity index (χ0n) is 14.4. The standard InChI is InChI=1S/C19H19Cl3N2O3/c20-13-8-15(22)17(9-14(13)21)24-19(25)10-23-16-5-1-2-6-18(16)27-11-12-4-3-7-26-12/h1-2,5-6,8-9,12,23H,3-4,7,10-11H2,(H,24,25). The molecular formula is C19H19Cl3N2O3. The highest BCUT2D eigenvalue weighted by Crippen LogP contribution is 2.32. The van der Waals surface area contributed by atoms with E-state index in [0.717, 1.165) is 25.1 Å². The van der Waals surface area contributed by atoms with Crippen molar-refractivity contribution in [1.29, 1.82) is 0 Å². The zero-order valence-corrected chi connectivity index (χ0v) is 16.7. The molecule has 1 aliphatic heterocycles. The number of hydrogen-bond donors (Lipinski definition) is 2. The van der Waals surface area contributed by atoms with Crippen molar-refractivity contribution in [2.75, 3.05) is 30.4 Å². The first-order chi connectivity index (χ1) is 13.0. The number of amides is 1. The predicted molar refractivity (Wildman–Crippen MR) is 110 cm³/mol. The highest BCUT2D eigenvalue weighted by atomic mass is 35.5. The van der Waals surface area contributed by atoms with Crippen LogP contribution in [-0.2, 0) is 9.53 Å². The van der Waals surface area contributed by atoms with Crippen LogP contribution in [0.4, 0.5) is 11.4 Å². The molecule has 5 nitrogen and oxygen atoms in total. The molecule has 1 fully saturated rings. The minimum Gasteiger partial charge on any atom is -0.489 e. The lowest BCUT2D eigenvalue weighted by Crippen LogP contribution is -2.22. The molecule has 144 valence electrons. The molecule has 1 amide bonds. The Hall–Kier alpha value is -1.66. The first-order valence-electron chi connectivity index (χ1n) is 8.54. The van der Waals surface area contributed by atoms with Crippen molar-refractivity contribution in [2.24, 2.45) is 0 Å². The zero-order chi connectivity index (χ0) is 19.2. The van der Waals surface area contributed by atoms with Crippen molar-refractivity contribution in [2.45, 2.75) is 18.9 Å². The molecule has 8 heteroatoms. The Kier molecular flexibility index (Phi) is 7.07. The van der Waals surface area contributed by atoms with Gasteiger partial charge in [-0.3, -0.25) is 4.79 Å². The monoisotopic (exact) mass is 428 g/mol. The van der Waals surface area contributed by atoms with E-state index in [-0.39, 0.29) is 18.6 Å². The van der Waals surface area contributed by atoms with Crippen LogP contribution < -0.4 is 15.4 Å². The molecule has 1 aliphatic rings. The van der Waals surface area contributed by atoms with Gasteiger partial charge in [-0.05, 0) is 37.1 Å². The van der Waals surface area contributed by atoms with Crippen LogP contribution in [0.2, 0.25) is 15.1 Å². The number of ether oxygens (including phenoxy) is 2. The van der Waals surface area contributed by atoms with E-state index in [4.69, 9.17) is 44.3 Å². The van der Waals surface area contributed by atoms with Gasteiger partial charge in [0, 0.05) is 6.61 Å². The van der Waals surface area contributed by atoms with Gasteiger partial charge in [-0.15, -0.1) is 0 Å². The van der Waals surface area contributed by atoms with Crippen LogP contribution in [0.15, 0.2) is 36.4 Å². The molecule has 0 aromatic heterocycles. The van der Waals surface area contributed by atoms with Gasteiger partial charge in [0.1, 0.15) is 12.4 Å². The number of halogens is 3. The number of carbonyl (C=O) groups excluding carboxylic acids is 1. The molecule has 1 unspecified atom stereocenters. The average Bonchev–Trinajstić information content (AvgIpc) is 3.17. The van der Waals surface area contributed by atoms with Crippen LogP contribution in [0, 0.1) is 0 Å². The normalized spacial score (nSPS) is 16.2. The van der Waals surface area contributed by atoms with E-state index >= 15 is 0 Å². The van der Waals surface area contributed by atoms with Crippen molar-refractivity contribution in [3.05, 3.63) is 51.5 Å². The van der Waals surface area contributed by atoms with Gasteiger partial charge in [0.25, 0.3) is 0 Å². The average molecular weight is 430 g/mol. The molecule has 0 bridgehead atoms. The van der Waals surface area contributed by atoms with E-state index in [1.165, 1.54) is 12.1 Å². The number of para-hydroxylation sites is 2. The van der Waals surface area contributed by atoms with E-state index in [1.54, 1.807) is 0 Å². The smallest absolute Gasteiger partial charge is 0.243 e. The third-order valence-corrected chi connectivity index (χ3v) is 5.09. The van der Waals surface area contributed by atoms with Gasteiger partial charge < -0.3 is 20.1 Å². The van der Waals surface area contributed by atoms with E-state index in [0.29, 0.717) is 33.1 Å². The number of anilines is 2. The van der Waals surface area contributed by atoms with Crippen LogP contribution in [-0.4, -0.2) is 31.8 Å². The molecule has 2 aromatic carbocycles. The minimum atomic E-state index is -0.274. The molecule has 0 spiro atoms. The quantitative estimate of drug-likeness (QED) is 0.590. The first-order valence-corrected chi connectivity index (χ1v) is 9.68. The van der Waals surface area contributed by atoms with Crippen LogP contribution in [0.1, 0.15) is 12.8 Å². The maximum absolute atomic E-state index is 12.2. The molecule has 27 heavy (non-hydrogen) atoms. The lowest BCUT2D eigenvalue weighted by atomic mass is 10.2. The van der Waals surface area contributed by atoms with Crippen LogP contribution in [0.3, 0.4) is 0 Å². The Bertz CT molecular complexity index is 811. The molecule has 1 atom stereocenters. The Labute approximate surface area is 172 Å². The number of rotatable bonds is 7. The van der Waals surface area contributed by atoms with Crippen molar-refractivity contribution in [1.82, 2.24) is 0 Å². The van der Waals surface area contributed by atoms with Gasteiger partial charge >= 0.3 is 0 Å². The van der Waals surface area contributed by atoms with Gasteiger partial charge in [0.2, 0.25) is 5.91 Å². The fourth-order valence-corrected chi connectivity index (χ4v) is 3.28. The summed E-state index contributed by atoms with van der Waals surface area (Å²) in [5.41, 5.74) is 1.13. The van der Waals surface area contributed by atoms with Gasteiger partial charge in [0.15, 0.2) is 0 Å². The van der Waals surface area contributed by atoms with E-state index < -0.39 is 0 Å². The number of nitrogens with one attached hydrogen (secondary N) is 2. The Morgan fingerprint density at radius 2 is 1.89 bits per heavy atom. The summed E-state index contributed by atoms with van der Waals surface area (Å²) >= 11 is 17.9. The summed E-state index contributed by atoms with van der Waals surface area (Å²) in [5.74, 6) is 0.401. The second-order valence-electron chi connectivity index (χ2n) is 6.09. The molecule has 1 saturated heterocycles. The first kappa shape index (κ1) is 20.1. The molecule has 0 saturated carbocycles. The number of carbonyl (C=O) groups is 1. The molecule has 2 N–H and O–H groups in total. The van der Waals surface area contributed by atoms with Crippen molar-refractivity contribution < 1.29 is 14.3 Å². The highest BCUT2D eigenvalue weighted by molar-refractivity contribution is 6.44. The van der Waals surface area contributed by atoms with Crippen molar-refractivity contribution >= 4 is 52.1 Å². The highest BCUT2D eigenvalue weighted by Gasteiger charge is 2.17. The molecule has 0 aliphatic carbocycles. The van der Waals surface area contributed by atoms with Crippen molar-refractivity contribution in [3.63, 3.8) is 0 Å². The third kappa shape index (κ3) is 5.66. The molecule has 1 heterocycles. The fraction of sp³-hybridized carbons (Fsp3) is 0.316. The van der Waals surface area contributed by atoms with Gasteiger partial charge in [-0.25, -0.2) is 0 Å². The maximum Gasteiger partial charge on any atom is 0.243 e. The number of benzene rings is 2. The summed E-state index contributed by atoms with van der Waals surface area (Å²) in [5, 5.41) is 6.74. The Balaban J connectivity index is 1.56. The predicted octanol–water partition coefficient (Wildman–Crippen LogP) is 5.26. The second-order valence-corrected chi connectivity index (χ2v) is 7.31. The Morgan fingerprint density at radius 3 is 2.67 bits per heavy atom.